The normalized spacial score (nSPS) is 11.1. The quantitative estimate of drug-likeness (QED) is 0.800. The molecule has 1 amide bonds. The number of nitrogens with two attached hydrogens (primary N) is 1. The molecular weight excluding hydrogens is 228 g/mol. The molecule has 0 spiro atoms. The molecule has 4 heteroatoms. The molecule has 0 aliphatic heterocycles. The van der Waals surface area contributed by atoms with Crippen LogP contribution >= 0.6 is 0 Å². The lowest BCUT2D eigenvalue weighted by Crippen LogP contribution is -2.39. The number of nitrogens with one attached hydrogen (secondary N) is 1. The lowest BCUT2D eigenvalue weighted by atomic mass is 9.94. The Bertz CT molecular complexity index is 385. The number of carbonyl (C=O) groups excluding carboxylic acids is 1. The molecule has 0 aliphatic carbocycles. The Morgan fingerprint density at radius 3 is 2.44 bits per heavy atom. The third-order valence-electron chi connectivity index (χ3n) is 2.84. The highest BCUT2D eigenvalue weighted by molar-refractivity contribution is 5.78. The zero-order valence-electron chi connectivity index (χ0n) is 11.3. The Labute approximate surface area is 109 Å². The maximum atomic E-state index is 11.7. The molecule has 0 unspecified atom stereocenters. The first kappa shape index (κ1) is 14.5. The summed E-state index contributed by atoms with van der Waals surface area (Å²) in [5.41, 5.74) is 6.52. The highest BCUT2D eigenvalue weighted by atomic mass is 16.5. The summed E-state index contributed by atoms with van der Waals surface area (Å²) >= 11 is 0. The van der Waals surface area contributed by atoms with Crippen LogP contribution < -0.4 is 15.8 Å². The average Bonchev–Trinajstić information content (AvgIpc) is 2.37. The van der Waals surface area contributed by atoms with Crippen LogP contribution in [0.1, 0.15) is 19.4 Å². The van der Waals surface area contributed by atoms with E-state index >= 15 is 0 Å². The fourth-order valence-electron chi connectivity index (χ4n) is 1.40. The van der Waals surface area contributed by atoms with Crippen LogP contribution in [0.15, 0.2) is 24.3 Å². The molecule has 18 heavy (non-hydrogen) atoms. The van der Waals surface area contributed by atoms with Gasteiger partial charge in [-0.05, 0) is 29.7 Å². The van der Waals surface area contributed by atoms with Crippen molar-refractivity contribution in [1.29, 1.82) is 0 Å². The Morgan fingerprint density at radius 2 is 1.94 bits per heavy atom. The van der Waals surface area contributed by atoms with Gasteiger partial charge in [0, 0.05) is 6.54 Å². The van der Waals surface area contributed by atoms with Crippen LogP contribution in [0.5, 0.6) is 5.75 Å². The van der Waals surface area contributed by atoms with E-state index in [0.717, 1.165) is 11.3 Å². The molecule has 0 aliphatic rings. The van der Waals surface area contributed by atoms with Crippen molar-refractivity contribution >= 4 is 5.91 Å². The molecule has 0 atom stereocenters. The lowest BCUT2D eigenvalue weighted by Gasteiger charge is -2.22. The first-order chi connectivity index (χ1) is 8.46. The van der Waals surface area contributed by atoms with Gasteiger partial charge in [-0.2, -0.15) is 0 Å². The van der Waals surface area contributed by atoms with Gasteiger partial charge in [-0.1, -0.05) is 26.0 Å². The van der Waals surface area contributed by atoms with Crippen molar-refractivity contribution in [3.63, 3.8) is 0 Å². The zero-order valence-corrected chi connectivity index (χ0v) is 11.3. The van der Waals surface area contributed by atoms with E-state index in [0.29, 0.717) is 19.5 Å². The van der Waals surface area contributed by atoms with Crippen LogP contribution in [-0.2, 0) is 11.2 Å². The van der Waals surface area contributed by atoms with Gasteiger partial charge in [0.25, 0.3) is 0 Å². The van der Waals surface area contributed by atoms with Gasteiger partial charge in [0.1, 0.15) is 5.75 Å². The highest BCUT2D eigenvalue weighted by Gasteiger charge is 2.16. The number of amides is 1. The Morgan fingerprint density at radius 1 is 1.33 bits per heavy atom. The molecule has 0 heterocycles. The Kier molecular flexibility index (Phi) is 5.16. The molecule has 3 N–H and O–H groups in total. The molecule has 0 aromatic heterocycles. The highest BCUT2D eigenvalue weighted by Crippen LogP contribution is 2.12. The van der Waals surface area contributed by atoms with Crippen LogP contribution in [0.4, 0.5) is 0 Å². The van der Waals surface area contributed by atoms with Crippen LogP contribution in [-0.4, -0.2) is 26.1 Å². The first-order valence-corrected chi connectivity index (χ1v) is 6.06. The summed E-state index contributed by atoms with van der Waals surface area (Å²) in [5.74, 6) is 0.810. The molecule has 0 saturated carbocycles. The average molecular weight is 250 g/mol. The van der Waals surface area contributed by atoms with Gasteiger partial charge in [0.2, 0.25) is 5.91 Å². The minimum Gasteiger partial charge on any atom is -0.497 e. The summed E-state index contributed by atoms with van der Waals surface area (Å²) in [4.78, 5) is 11.7. The number of carbonyl (C=O) groups is 1. The summed E-state index contributed by atoms with van der Waals surface area (Å²) in [6.07, 6.45) is 0.380. The van der Waals surface area contributed by atoms with Gasteiger partial charge in [0.15, 0.2) is 0 Å². The van der Waals surface area contributed by atoms with Gasteiger partial charge < -0.3 is 15.8 Å². The predicted molar refractivity (Wildman–Crippen MR) is 72.5 cm³/mol. The predicted octanol–water partition coefficient (Wildman–Crippen LogP) is 1.34. The SMILES string of the molecule is COc1ccc(CC(=O)NCC(C)(C)CN)cc1. The van der Waals surface area contributed by atoms with E-state index < -0.39 is 0 Å². The molecule has 0 saturated heterocycles. The van der Waals surface area contributed by atoms with Crippen molar-refractivity contribution in [2.45, 2.75) is 20.3 Å². The van der Waals surface area contributed by atoms with Crippen molar-refractivity contribution in [2.24, 2.45) is 11.1 Å². The number of ether oxygens (including phenoxy) is 1. The zero-order chi connectivity index (χ0) is 13.6. The van der Waals surface area contributed by atoms with Crippen molar-refractivity contribution in [3.8, 4) is 5.75 Å². The summed E-state index contributed by atoms with van der Waals surface area (Å²) in [6.45, 7) is 5.20. The lowest BCUT2D eigenvalue weighted by molar-refractivity contribution is -0.120. The van der Waals surface area contributed by atoms with E-state index in [4.69, 9.17) is 10.5 Å². The number of benzene rings is 1. The molecular formula is C14H22N2O2. The minimum absolute atomic E-state index is 0.0155. The van der Waals surface area contributed by atoms with Crippen LogP contribution in [0, 0.1) is 5.41 Å². The smallest absolute Gasteiger partial charge is 0.224 e. The first-order valence-electron chi connectivity index (χ1n) is 6.06. The number of hydrogen-bond donors (Lipinski definition) is 2. The van der Waals surface area contributed by atoms with E-state index in [1.807, 2.05) is 38.1 Å². The van der Waals surface area contributed by atoms with Crippen LogP contribution in [0.25, 0.3) is 0 Å². The van der Waals surface area contributed by atoms with Crippen molar-refractivity contribution < 1.29 is 9.53 Å². The van der Waals surface area contributed by atoms with Gasteiger partial charge in [0.05, 0.1) is 13.5 Å². The summed E-state index contributed by atoms with van der Waals surface area (Å²) in [5, 5.41) is 2.90. The second-order valence-corrected chi connectivity index (χ2v) is 5.17. The molecule has 4 nitrogen and oxygen atoms in total. The van der Waals surface area contributed by atoms with Crippen molar-refractivity contribution in [3.05, 3.63) is 29.8 Å². The van der Waals surface area contributed by atoms with Gasteiger partial charge in [-0.15, -0.1) is 0 Å². The van der Waals surface area contributed by atoms with Gasteiger partial charge in [-0.3, -0.25) is 4.79 Å². The number of rotatable bonds is 6. The van der Waals surface area contributed by atoms with Gasteiger partial charge in [-0.25, -0.2) is 0 Å². The van der Waals surface area contributed by atoms with Crippen LogP contribution in [0.2, 0.25) is 0 Å². The fourth-order valence-corrected chi connectivity index (χ4v) is 1.40. The maximum absolute atomic E-state index is 11.7. The van der Waals surface area contributed by atoms with E-state index in [2.05, 4.69) is 5.32 Å². The fraction of sp³-hybridized carbons (Fsp3) is 0.500. The summed E-state index contributed by atoms with van der Waals surface area (Å²) in [7, 11) is 1.62. The molecule has 1 aromatic carbocycles. The summed E-state index contributed by atoms with van der Waals surface area (Å²) < 4.78 is 5.07. The molecule has 0 radical (unpaired) electrons. The summed E-state index contributed by atoms with van der Waals surface area (Å²) in [6, 6.07) is 7.50. The minimum atomic E-state index is -0.0600. The third kappa shape index (κ3) is 4.75. The largest absolute Gasteiger partial charge is 0.497 e. The van der Waals surface area contributed by atoms with E-state index in [9.17, 15) is 4.79 Å². The molecule has 1 rings (SSSR count). The second-order valence-electron chi connectivity index (χ2n) is 5.17. The van der Waals surface area contributed by atoms with E-state index in [1.54, 1.807) is 7.11 Å². The molecule has 0 fully saturated rings. The van der Waals surface area contributed by atoms with Gasteiger partial charge >= 0.3 is 0 Å². The topological polar surface area (TPSA) is 64.3 Å². The Balaban J connectivity index is 2.44. The van der Waals surface area contributed by atoms with E-state index in [1.165, 1.54) is 0 Å². The van der Waals surface area contributed by atoms with Crippen molar-refractivity contribution in [1.82, 2.24) is 5.32 Å². The monoisotopic (exact) mass is 250 g/mol. The molecule has 100 valence electrons. The second kappa shape index (κ2) is 6.40. The van der Waals surface area contributed by atoms with Crippen LogP contribution in [0.3, 0.4) is 0 Å². The maximum Gasteiger partial charge on any atom is 0.224 e. The number of hydrogen-bond acceptors (Lipinski definition) is 3. The molecule has 1 aromatic rings. The molecule has 0 bridgehead atoms. The standard InChI is InChI=1S/C14H22N2O2/c1-14(2,9-15)10-16-13(17)8-11-4-6-12(18-3)7-5-11/h4-7H,8-10,15H2,1-3H3,(H,16,17). The number of methoxy groups -OCH3 is 1. The Hall–Kier alpha value is -1.55. The third-order valence-corrected chi connectivity index (χ3v) is 2.84. The van der Waals surface area contributed by atoms with E-state index in [-0.39, 0.29) is 11.3 Å². The van der Waals surface area contributed by atoms with Crippen molar-refractivity contribution in [2.75, 3.05) is 20.2 Å².